The van der Waals surface area contributed by atoms with Crippen molar-refractivity contribution in [2.75, 3.05) is 0 Å². The molecule has 26 heavy (non-hydrogen) atoms. The van der Waals surface area contributed by atoms with Crippen molar-refractivity contribution in [2.24, 2.45) is 0 Å². The zero-order valence-electron chi connectivity index (χ0n) is 13.1. The van der Waals surface area contributed by atoms with Crippen LogP contribution in [-0.2, 0) is 0 Å². The molecule has 0 aliphatic carbocycles. The van der Waals surface area contributed by atoms with Gasteiger partial charge in [0.1, 0.15) is 12.1 Å². The Morgan fingerprint density at radius 1 is 1.12 bits per heavy atom. The van der Waals surface area contributed by atoms with Gasteiger partial charge in [-0.2, -0.15) is 0 Å². The van der Waals surface area contributed by atoms with Gasteiger partial charge in [0.05, 0.1) is 22.8 Å². The molecule has 0 fully saturated rings. The van der Waals surface area contributed by atoms with Crippen LogP contribution in [0.1, 0.15) is 15.9 Å². The normalized spacial score (nSPS) is 11.0. The summed E-state index contributed by atoms with van der Waals surface area (Å²) in [7, 11) is 0. The molecule has 2 heterocycles. The average molecular weight is 352 g/mol. The van der Waals surface area contributed by atoms with E-state index in [0.29, 0.717) is 16.9 Å². The third-order valence-corrected chi connectivity index (χ3v) is 3.86. The maximum absolute atomic E-state index is 14.0. The van der Waals surface area contributed by atoms with Gasteiger partial charge in [-0.1, -0.05) is 0 Å². The molecule has 0 atom stereocenters. The van der Waals surface area contributed by atoms with Crippen molar-refractivity contribution in [3.63, 3.8) is 0 Å². The summed E-state index contributed by atoms with van der Waals surface area (Å²) in [6.07, 6.45) is 6.35. The lowest BCUT2D eigenvalue weighted by molar-refractivity contribution is 0.103. The Bertz CT molecular complexity index is 1140. The van der Waals surface area contributed by atoms with E-state index in [1.165, 1.54) is 18.2 Å². The van der Waals surface area contributed by atoms with Crippen molar-refractivity contribution in [3.05, 3.63) is 78.0 Å². The molecular formula is C18H10F2N4O2. The Kier molecular flexibility index (Phi) is 3.65. The van der Waals surface area contributed by atoms with Gasteiger partial charge in [0.25, 0.3) is 0 Å². The number of hydrogen-bond acceptors (Lipinski definition) is 5. The SMILES string of the molecule is O=C(c1ccc2ncc(-n3ccnc3)nc2c1)c1c(F)ccc(O)c1F. The minimum Gasteiger partial charge on any atom is -0.505 e. The second-order valence-electron chi connectivity index (χ2n) is 5.49. The van der Waals surface area contributed by atoms with Crippen LogP contribution < -0.4 is 0 Å². The minimum absolute atomic E-state index is 0.0259. The first-order chi connectivity index (χ1) is 12.5. The first kappa shape index (κ1) is 15.8. The van der Waals surface area contributed by atoms with Gasteiger partial charge in [0, 0.05) is 18.0 Å². The second kappa shape index (κ2) is 5.99. The van der Waals surface area contributed by atoms with E-state index in [0.717, 1.165) is 12.1 Å². The quantitative estimate of drug-likeness (QED) is 0.573. The van der Waals surface area contributed by atoms with Gasteiger partial charge in [0.15, 0.2) is 23.2 Å². The number of rotatable bonds is 3. The van der Waals surface area contributed by atoms with E-state index in [4.69, 9.17) is 0 Å². The molecule has 0 saturated heterocycles. The number of carbonyl (C=O) groups is 1. The van der Waals surface area contributed by atoms with Gasteiger partial charge in [0.2, 0.25) is 0 Å². The number of phenols is 1. The fraction of sp³-hybridized carbons (Fsp3) is 0. The van der Waals surface area contributed by atoms with Crippen LogP contribution in [0.25, 0.3) is 16.9 Å². The first-order valence-electron chi connectivity index (χ1n) is 7.51. The molecule has 4 rings (SSSR count). The van der Waals surface area contributed by atoms with Crippen LogP contribution in [0.5, 0.6) is 5.75 Å². The van der Waals surface area contributed by atoms with Crippen molar-refractivity contribution in [3.8, 4) is 11.6 Å². The van der Waals surface area contributed by atoms with Crippen LogP contribution >= 0.6 is 0 Å². The van der Waals surface area contributed by atoms with E-state index in [9.17, 15) is 18.7 Å². The van der Waals surface area contributed by atoms with Crippen molar-refractivity contribution in [1.29, 1.82) is 0 Å². The van der Waals surface area contributed by atoms with Gasteiger partial charge in [-0.05, 0) is 30.3 Å². The number of carbonyl (C=O) groups excluding carboxylic acids is 1. The summed E-state index contributed by atoms with van der Waals surface area (Å²) in [6.45, 7) is 0. The number of halogens is 2. The van der Waals surface area contributed by atoms with E-state index in [1.54, 1.807) is 29.5 Å². The molecule has 2 aromatic heterocycles. The van der Waals surface area contributed by atoms with Gasteiger partial charge in [-0.3, -0.25) is 14.3 Å². The number of fused-ring (bicyclic) bond motifs is 1. The van der Waals surface area contributed by atoms with Crippen molar-refractivity contribution < 1.29 is 18.7 Å². The largest absolute Gasteiger partial charge is 0.505 e. The average Bonchev–Trinajstić information content (AvgIpc) is 3.19. The molecule has 0 radical (unpaired) electrons. The summed E-state index contributed by atoms with van der Waals surface area (Å²) >= 11 is 0. The fourth-order valence-electron chi connectivity index (χ4n) is 2.56. The monoisotopic (exact) mass is 352 g/mol. The molecule has 0 aliphatic rings. The topological polar surface area (TPSA) is 80.9 Å². The van der Waals surface area contributed by atoms with Crippen LogP contribution in [0.3, 0.4) is 0 Å². The third kappa shape index (κ3) is 2.57. The molecule has 4 aromatic rings. The Balaban J connectivity index is 1.82. The van der Waals surface area contributed by atoms with E-state index < -0.39 is 28.7 Å². The minimum atomic E-state index is -1.30. The van der Waals surface area contributed by atoms with Gasteiger partial charge in [-0.15, -0.1) is 0 Å². The summed E-state index contributed by atoms with van der Waals surface area (Å²) in [6, 6.07) is 6.02. The predicted octanol–water partition coefficient (Wildman–Crippen LogP) is 3.03. The number of imidazole rings is 1. The molecular weight excluding hydrogens is 342 g/mol. The molecule has 0 bridgehead atoms. The molecule has 128 valence electrons. The highest BCUT2D eigenvalue weighted by Crippen LogP contribution is 2.25. The zero-order valence-corrected chi connectivity index (χ0v) is 13.1. The van der Waals surface area contributed by atoms with Crippen LogP contribution in [0.4, 0.5) is 8.78 Å². The maximum atomic E-state index is 14.0. The smallest absolute Gasteiger partial charge is 0.199 e. The van der Waals surface area contributed by atoms with Crippen LogP contribution in [0, 0.1) is 11.6 Å². The summed E-state index contributed by atoms with van der Waals surface area (Å²) in [5.74, 6) is -3.56. The Labute approximate surface area is 145 Å². The van der Waals surface area contributed by atoms with Crippen LogP contribution in [0.15, 0.2) is 55.2 Å². The lowest BCUT2D eigenvalue weighted by atomic mass is 10.0. The molecule has 6 nitrogen and oxygen atoms in total. The lowest BCUT2D eigenvalue weighted by Crippen LogP contribution is -2.08. The Hall–Kier alpha value is -3.68. The number of hydrogen-bond donors (Lipinski definition) is 1. The van der Waals surface area contributed by atoms with Crippen molar-refractivity contribution in [1.82, 2.24) is 19.5 Å². The highest BCUT2D eigenvalue weighted by Gasteiger charge is 2.22. The van der Waals surface area contributed by atoms with Gasteiger partial charge in [-0.25, -0.2) is 18.7 Å². The van der Waals surface area contributed by atoms with Gasteiger partial charge >= 0.3 is 0 Å². The lowest BCUT2D eigenvalue weighted by Gasteiger charge is -2.07. The molecule has 8 heteroatoms. The number of ketones is 1. The number of aromatic nitrogens is 4. The van der Waals surface area contributed by atoms with Crippen molar-refractivity contribution >= 4 is 16.8 Å². The zero-order chi connectivity index (χ0) is 18.3. The first-order valence-corrected chi connectivity index (χ1v) is 7.51. The summed E-state index contributed by atoms with van der Waals surface area (Å²) in [5, 5.41) is 9.41. The van der Waals surface area contributed by atoms with E-state index in [2.05, 4.69) is 15.0 Å². The molecule has 1 N–H and O–H groups in total. The van der Waals surface area contributed by atoms with E-state index in [1.807, 2.05) is 0 Å². The molecule has 0 aliphatic heterocycles. The molecule has 0 spiro atoms. The van der Waals surface area contributed by atoms with E-state index in [-0.39, 0.29) is 5.56 Å². The van der Waals surface area contributed by atoms with E-state index >= 15 is 0 Å². The van der Waals surface area contributed by atoms with Crippen LogP contribution in [0.2, 0.25) is 0 Å². The highest BCUT2D eigenvalue weighted by atomic mass is 19.1. The Morgan fingerprint density at radius 3 is 2.73 bits per heavy atom. The predicted molar refractivity (Wildman–Crippen MR) is 88.1 cm³/mol. The summed E-state index contributed by atoms with van der Waals surface area (Å²) in [4.78, 5) is 25.1. The number of nitrogens with zero attached hydrogens (tertiary/aromatic N) is 4. The van der Waals surface area contributed by atoms with Gasteiger partial charge < -0.3 is 5.11 Å². The van der Waals surface area contributed by atoms with Crippen LogP contribution in [-0.4, -0.2) is 30.4 Å². The fourth-order valence-corrected chi connectivity index (χ4v) is 2.56. The van der Waals surface area contributed by atoms with Crippen molar-refractivity contribution in [2.45, 2.75) is 0 Å². The number of phenolic OH excluding ortho intramolecular Hbond substituents is 1. The summed E-state index contributed by atoms with van der Waals surface area (Å²) < 4.78 is 29.6. The summed E-state index contributed by atoms with van der Waals surface area (Å²) in [5.41, 5.74) is 0.103. The third-order valence-electron chi connectivity index (χ3n) is 3.86. The number of aromatic hydroxyl groups is 1. The highest BCUT2D eigenvalue weighted by molar-refractivity contribution is 6.10. The Morgan fingerprint density at radius 2 is 1.96 bits per heavy atom. The maximum Gasteiger partial charge on any atom is 0.199 e. The molecule has 0 amide bonds. The standard InChI is InChI=1S/C18H10F2N4O2/c19-11-2-4-14(25)17(20)16(11)18(26)10-1-3-12-13(7-10)23-15(8-22-12)24-6-5-21-9-24/h1-9,25H. The second-order valence-corrected chi connectivity index (χ2v) is 5.49. The molecule has 0 saturated carbocycles. The molecule has 0 unspecified atom stereocenters. The number of benzene rings is 2. The molecule has 2 aromatic carbocycles.